The Morgan fingerprint density at radius 2 is 1.86 bits per heavy atom. The average Bonchev–Trinajstić information content (AvgIpc) is 2.45. The number of benzene rings is 1. The largest absolute Gasteiger partial charge is 0.413 e. The lowest BCUT2D eigenvalue weighted by atomic mass is 10.2. The smallest absolute Gasteiger partial charge is 0.237 e. The fourth-order valence-electron chi connectivity index (χ4n) is 2.04. The molecular formula is C17H27NO2SSi. The maximum atomic E-state index is 11.9. The highest BCUT2D eigenvalue weighted by atomic mass is 32.2. The topological polar surface area (TPSA) is 29.5 Å². The standard InChI is InChI=1S/C17H27NO2SSi/c1-17(2,3)22(4,5)20-12-14-6-8-15(9-7-14)18-10-11-21-13-16(18)19/h6-9H,10-13H2,1-5H3. The van der Waals surface area contributed by atoms with Crippen molar-refractivity contribution in [2.75, 3.05) is 23.0 Å². The van der Waals surface area contributed by atoms with E-state index >= 15 is 0 Å². The van der Waals surface area contributed by atoms with Gasteiger partial charge in [0.1, 0.15) is 0 Å². The maximum absolute atomic E-state index is 11.9. The first kappa shape index (κ1) is 17.6. The normalized spacial score (nSPS) is 17.0. The zero-order valence-corrected chi connectivity index (χ0v) is 16.1. The van der Waals surface area contributed by atoms with Crippen LogP contribution in [-0.2, 0) is 15.8 Å². The lowest BCUT2D eigenvalue weighted by Gasteiger charge is -2.36. The van der Waals surface area contributed by atoms with Gasteiger partial charge in [0, 0.05) is 18.0 Å². The summed E-state index contributed by atoms with van der Waals surface area (Å²) in [4.78, 5) is 13.8. The summed E-state index contributed by atoms with van der Waals surface area (Å²) in [5, 5.41) is 0.227. The van der Waals surface area contributed by atoms with Gasteiger partial charge in [-0.3, -0.25) is 4.79 Å². The molecule has 1 aromatic rings. The first-order valence-electron chi connectivity index (χ1n) is 7.82. The molecule has 0 unspecified atom stereocenters. The molecule has 2 rings (SSSR count). The van der Waals surface area contributed by atoms with Crippen molar-refractivity contribution in [1.29, 1.82) is 0 Å². The molecule has 1 aliphatic rings. The Kier molecular flexibility index (Phi) is 5.40. The van der Waals surface area contributed by atoms with Crippen molar-refractivity contribution in [3.05, 3.63) is 29.8 Å². The Labute approximate surface area is 139 Å². The van der Waals surface area contributed by atoms with Gasteiger partial charge in [0.15, 0.2) is 8.32 Å². The van der Waals surface area contributed by atoms with Crippen LogP contribution >= 0.6 is 11.8 Å². The molecule has 0 atom stereocenters. The summed E-state index contributed by atoms with van der Waals surface area (Å²) in [6, 6.07) is 8.24. The molecule has 22 heavy (non-hydrogen) atoms. The molecule has 0 bridgehead atoms. The van der Waals surface area contributed by atoms with Crippen LogP contribution in [0, 0.1) is 0 Å². The zero-order chi connectivity index (χ0) is 16.4. The van der Waals surface area contributed by atoms with Crippen molar-refractivity contribution in [3.63, 3.8) is 0 Å². The van der Waals surface area contributed by atoms with E-state index in [2.05, 4.69) is 46.0 Å². The minimum atomic E-state index is -1.71. The Hall–Kier alpha value is -0.783. The monoisotopic (exact) mass is 337 g/mol. The first-order chi connectivity index (χ1) is 10.2. The van der Waals surface area contributed by atoms with Gasteiger partial charge in [-0.2, -0.15) is 11.8 Å². The van der Waals surface area contributed by atoms with Crippen molar-refractivity contribution in [1.82, 2.24) is 0 Å². The fourth-order valence-corrected chi connectivity index (χ4v) is 3.79. The maximum Gasteiger partial charge on any atom is 0.237 e. The number of anilines is 1. The minimum absolute atomic E-state index is 0.210. The van der Waals surface area contributed by atoms with Crippen LogP contribution < -0.4 is 4.90 Å². The van der Waals surface area contributed by atoms with Gasteiger partial charge in [0.2, 0.25) is 5.91 Å². The third-order valence-corrected chi connectivity index (χ3v) is 10.0. The molecule has 0 radical (unpaired) electrons. The summed E-state index contributed by atoms with van der Waals surface area (Å²) in [5.41, 5.74) is 2.17. The van der Waals surface area contributed by atoms with Gasteiger partial charge in [0.25, 0.3) is 0 Å². The van der Waals surface area contributed by atoms with Crippen LogP contribution in [0.5, 0.6) is 0 Å². The fraction of sp³-hybridized carbons (Fsp3) is 0.588. The molecule has 1 fully saturated rings. The van der Waals surface area contributed by atoms with E-state index in [0.717, 1.165) is 18.0 Å². The molecule has 5 heteroatoms. The van der Waals surface area contributed by atoms with Crippen LogP contribution in [0.1, 0.15) is 26.3 Å². The zero-order valence-electron chi connectivity index (χ0n) is 14.3. The summed E-state index contributed by atoms with van der Waals surface area (Å²) in [7, 11) is -1.71. The van der Waals surface area contributed by atoms with Crippen LogP contribution in [0.3, 0.4) is 0 Å². The lowest BCUT2D eigenvalue weighted by molar-refractivity contribution is -0.116. The summed E-state index contributed by atoms with van der Waals surface area (Å²) in [6.07, 6.45) is 0. The molecule has 0 aliphatic carbocycles. The Balaban J connectivity index is 1.99. The van der Waals surface area contributed by atoms with Gasteiger partial charge in [-0.15, -0.1) is 0 Å². The van der Waals surface area contributed by atoms with Crippen molar-refractivity contribution in [2.24, 2.45) is 0 Å². The van der Waals surface area contributed by atoms with Crippen LogP contribution in [0.2, 0.25) is 18.1 Å². The third kappa shape index (κ3) is 4.15. The van der Waals surface area contributed by atoms with Crippen molar-refractivity contribution >= 4 is 31.7 Å². The molecule has 0 saturated carbocycles. The van der Waals surface area contributed by atoms with Gasteiger partial charge in [-0.05, 0) is 35.8 Å². The third-order valence-electron chi connectivity index (χ3n) is 4.64. The Morgan fingerprint density at radius 3 is 2.41 bits per heavy atom. The highest BCUT2D eigenvalue weighted by Crippen LogP contribution is 2.37. The number of thioether (sulfide) groups is 1. The van der Waals surface area contributed by atoms with E-state index < -0.39 is 8.32 Å². The van der Waals surface area contributed by atoms with Crippen molar-refractivity contribution in [3.8, 4) is 0 Å². The average molecular weight is 338 g/mol. The Bertz CT molecular complexity index is 522. The summed E-state index contributed by atoms with van der Waals surface area (Å²) in [6.45, 7) is 12.8. The second-order valence-electron chi connectivity index (χ2n) is 7.31. The van der Waals surface area contributed by atoms with Crippen LogP contribution in [-0.4, -0.2) is 32.3 Å². The van der Waals surface area contributed by atoms with E-state index in [1.165, 1.54) is 5.56 Å². The van der Waals surface area contributed by atoms with Crippen molar-refractivity contribution < 1.29 is 9.22 Å². The molecule has 1 heterocycles. The van der Waals surface area contributed by atoms with Crippen LogP contribution in [0.25, 0.3) is 0 Å². The number of carbonyl (C=O) groups is 1. The molecule has 1 aliphatic heterocycles. The first-order valence-corrected chi connectivity index (χ1v) is 11.9. The molecule has 1 aromatic carbocycles. The number of hydrogen-bond acceptors (Lipinski definition) is 3. The van der Waals surface area contributed by atoms with Gasteiger partial charge in [-0.1, -0.05) is 32.9 Å². The second kappa shape index (κ2) is 6.77. The molecule has 0 spiro atoms. The minimum Gasteiger partial charge on any atom is -0.413 e. The molecule has 1 saturated heterocycles. The number of rotatable bonds is 4. The molecule has 0 N–H and O–H groups in total. The number of hydrogen-bond donors (Lipinski definition) is 0. The molecular weight excluding hydrogens is 310 g/mol. The summed E-state index contributed by atoms with van der Waals surface area (Å²) in [5.74, 6) is 1.82. The van der Waals surface area contributed by atoms with Gasteiger partial charge < -0.3 is 9.33 Å². The summed E-state index contributed by atoms with van der Waals surface area (Å²) < 4.78 is 6.24. The van der Waals surface area contributed by atoms with Gasteiger partial charge >= 0.3 is 0 Å². The predicted octanol–water partition coefficient (Wildman–Crippen LogP) is 4.29. The van der Waals surface area contributed by atoms with E-state index in [1.54, 1.807) is 11.8 Å². The molecule has 0 aromatic heterocycles. The second-order valence-corrected chi connectivity index (χ2v) is 13.2. The van der Waals surface area contributed by atoms with E-state index in [-0.39, 0.29) is 10.9 Å². The quantitative estimate of drug-likeness (QED) is 0.768. The molecule has 1 amide bonds. The van der Waals surface area contributed by atoms with Crippen molar-refractivity contribution in [2.45, 2.75) is 45.5 Å². The van der Waals surface area contributed by atoms with Gasteiger partial charge in [0.05, 0.1) is 12.4 Å². The molecule has 3 nitrogen and oxygen atoms in total. The van der Waals surface area contributed by atoms with Crippen LogP contribution in [0.15, 0.2) is 24.3 Å². The number of amides is 1. The number of nitrogens with zero attached hydrogens (tertiary/aromatic N) is 1. The SMILES string of the molecule is CC(C)(C)[Si](C)(C)OCc1ccc(N2CCSCC2=O)cc1. The molecule has 122 valence electrons. The van der Waals surface area contributed by atoms with E-state index in [9.17, 15) is 4.79 Å². The van der Waals surface area contributed by atoms with Gasteiger partial charge in [-0.25, -0.2) is 0 Å². The van der Waals surface area contributed by atoms with E-state index in [0.29, 0.717) is 12.4 Å². The van der Waals surface area contributed by atoms with E-state index in [1.807, 2.05) is 17.0 Å². The van der Waals surface area contributed by atoms with E-state index in [4.69, 9.17) is 4.43 Å². The summed E-state index contributed by atoms with van der Waals surface area (Å²) >= 11 is 1.71. The van der Waals surface area contributed by atoms with Crippen LogP contribution in [0.4, 0.5) is 5.69 Å². The number of carbonyl (C=O) groups excluding carboxylic acids is 1. The Morgan fingerprint density at radius 1 is 1.23 bits per heavy atom. The predicted molar refractivity (Wildman–Crippen MR) is 98.1 cm³/mol. The highest BCUT2D eigenvalue weighted by Gasteiger charge is 2.37. The highest BCUT2D eigenvalue weighted by molar-refractivity contribution is 8.00. The lowest BCUT2D eigenvalue weighted by Crippen LogP contribution is -2.40.